The summed E-state index contributed by atoms with van der Waals surface area (Å²) in [6, 6.07) is 0. The summed E-state index contributed by atoms with van der Waals surface area (Å²) in [7, 11) is 0. The summed E-state index contributed by atoms with van der Waals surface area (Å²) >= 11 is 0. The lowest BCUT2D eigenvalue weighted by molar-refractivity contribution is 0.521. The summed E-state index contributed by atoms with van der Waals surface area (Å²) in [6.45, 7) is 4.26. The SMILES string of the molecule is CCCC1(C)C=CN=N1. The zero-order valence-corrected chi connectivity index (χ0v) is 5.96. The van der Waals surface area contributed by atoms with Gasteiger partial charge in [0.2, 0.25) is 0 Å². The molecule has 0 aliphatic carbocycles. The largest absolute Gasteiger partial charge is 0.179 e. The van der Waals surface area contributed by atoms with Gasteiger partial charge in [0.25, 0.3) is 0 Å². The van der Waals surface area contributed by atoms with Gasteiger partial charge in [0.05, 0.1) is 5.54 Å². The smallest absolute Gasteiger partial charge is 0.0990 e. The Morgan fingerprint density at radius 2 is 2.33 bits per heavy atom. The Labute approximate surface area is 55.7 Å². The van der Waals surface area contributed by atoms with E-state index in [2.05, 4.69) is 30.2 Å². The third-order valence-corrected chi connectivity index (χ3v) is 1.54. The highest BCUT2D eigenvalue weighted by Gasteiger charge is 2.20. The van der Waals surface area contributed by atoms with Gasteiger partial charge in [-0.25, -0.2) is 0 Å². The minimum atomic E-state index is 0.0226. The van der Waals surface area contributed by atoms with E-state index in [4.69, 9.17) is 0 Å². The zero-order chi connectivity index (χ0) is 6.74. The molecule has 0 saturated carbocycles. The lowest BCUT2D eigenvalue weighted by Crippen LogP contribution is -2.14. The standard InChI is InChI=1S/C7H12N2/c1-3-4-7(2)5-6-8-9-7/h5-6H,3-4H2,1-2H3. The van der Waals surface area contributed by atoms with Gasteiger partial charge in [-0.15, -0.1) is 0 Å². The van der Waals surface area contributed by atoms with E-state index in [0.717, 1.165) is 6.42 Å². The quantitative estimate of drug-likeness (QED) is 0.540. The van der Waals surface area contributed by atoms with Crippen molar-refractivity contribution in [3.63, 3.8) is 0 Å². The van der Waals surface area contributed by atoms with E-state index in [1.807, 2.05) is 0 Å². The van der Waals surface area contributed by atoms with E-state index in [9.17, 15) is 0 Å². The zero-order valence-electron chi connectivity index (χ0n) is 5.96. The van der Waals surface area contributed by atoms with Gasteiger partial charge in [-0.05, 0) is 19.4 Å². The summed E-state index contributed by atoms with van der Waals surface area (Å²) < 4.78 is 0. The fraction of sp³-hybridized carbons (Fsp3) is 0.714. The Balaban J connectivity index is 2.53. The number of azo groups is 1. The molecule has 0 saturated heterocycles. The van der Waals surface area contributed by atoms with Crippen LogP contribution in [-0.4, -0.2) is 5.54 Å². The molecule has 0 bridgehead atoms. The summed E-state index contributed by atoms with van der Waals surface area (Å²) in [5.74, 6) is 0. The Hall–Kier alpha value is -0.660. The van der Waals surface area contributed by atoms with Crippen molar-refractivity contribution in [2.45, 2.75) is 32.2 Å². The molecule has 2 nitrogen and oxygen atoms in total. The topological polar surface area (TPSA) is 24.7 Å². The molecule has 50 valence electrons. The molecule has 1 aliphatic heterocycles. The number of hydrogen-bond donors (Lipinski definition) is 0. The van der Waals surface area contributed by atoms with Crippen LogP contribution in [0.4, 0.5) is 0 Å². The highest BCUT2D eigenvalue weighted by Crippen LogP contribution is 2.23. The van der Waals surface area contributed by atoms with E-state index in [-0.39, 0.29) is 5.54 Å². The maximum absolute atomic E-state index is 4.07. The molecule has 0 radical (unpaired) electrons. The van der Waals surface area contributed by atoms with Gasteiger partial charge in [-0.1, -0.05) is 13.3 Å². The fourth-order valence-corrected chi connectivity index (χ4v) is 1.03. The van der Waals surface area contributed by atoms with Crippen LogP contribution in [0.15, 0.2) is 22.5 Å². The van der Waals surface area contributed by atoms with Crippen molar-refractivity contribution in [1.29, 1.82) is 0 Å². The molecular weight excluding hydrogens is 112 g/mol. The lowest BCUT2D eigenvalue weighted by Gasteiger charge is -2.13. The van der Waals surface area contributed by atoms with Gasteiger partial charge in [0.1, 0.15) is 0 Å². The second-order valence-electron chi connectivity index (χ2n) is 2.64. The van der Waals surface area contributed by atoms with Gasteiger partial charge in [0, 0.05) is 6.20 Å². The van der Waals surface area contributed by atoms with Gasteiger partial charge in [-0.3, -0.25) is 0 Å². The third kappa shape index (κ3) is 1.37. The van der Waals surface area contributed by atoms with Gasteiger partial charge in [-0.2, -0.15) is 10.2 Å². The molecule has 0 aromatic heterocycles. The van der Waals surface area contributed by atoms with E-state index in [1.165, 1.54) is 6.42 Å². The van der Waals surface area contributed by atoms with Crippen LogP contribution < -0.4 is 0 Å². The molecule has 1 rings (SSSR count). The first-order valence-electron chi connectivity index (χ1n) is 3.36. The third-order valence-electron chi connectivity index (χ3n) is 1.54. The average molecular weight is 124 g/mol. The first-order valence-corrected chi connectivity index (χ1v) is 3.36. The van der Waals surface area contributed by atoms with E-state index < -0.39 is 0 Å². The van der Waals surface area contributed by atoms with E-state index in [0.29, 0.717) is 0 Å². The molecule has 2 heteroatoms. The molecular formula is C7H12N2. The van der Waals surface area contributed by atoms with Crippen molar-refractivity contribution in [3.05, 3.63) is 12.3 Å². The number of nitrogens with zero attached hydrogens (tertiary/aromatic N) is 2. The Morgan fingerprint density at radius 3 is 2.78 bits per heavy atom. The Morgan fingerprint density at radius 1 is 1.56 bits per heavy atom. The molecule has 0 aromatic rings. The fourth-order valence-electron chi connectivity index (χ4n) is 1.03. The summed E-state index contributed by atoms with van der Waals surface area (Å²) in [5.41, 5.74) is 0.0226. The highest BCUT2D eigenvalue weighted by molar-refractivity contribution is 5.06. The molecule has 0 N–H and O–H groups in total. The van der Waals surface area contributed by atoms with Gasteiger partial charge >= 0.3 is 0 Å². The molecule has 0 aromatic carbocycles. The van der Waals surface area contributed by atoms with Crippen LogP contribution in [-0.2, 0) is 0 Å². The van der Waals surface area contributed by atoms with Crippen LogP contribution in [0.3, 0.4) is 0 Å². The number of hydrogen-bond acceptors (Lipinski definition) is 2. The second kappa shape index (κ2) is 2.29. The summed E-state index contributed by atoms with van der Waals surface area (Å²) in [4.78, 5) is 0. The van der Waals surface area contributed by atoms with Crippen molar-refractivity contribution in [2.75, 3.05) is 0 Å². The highest BCUT2D eigenvalue weighted by atomic mass is 15.2. The first-order chi connectivity index (χ1) is 4.27. The predicted molar refractivity (Wildman–Crippen MR) is 37.3 cm³/mol. The van der Waals surface area contributed by atoms with Crippen molar-refractivity contribution in [1.82, 2.24) is 0 Å². The van der Waals surface area contributed by atoms with Crippen LogP contribution in [0.25, 0.3) is 0 Å². The monoisotopic (exact) mass is 124 g/mol. The molecule has 0 fully saturated rings. The van der Waals surface area contributed by atoms with Crippen molar-refractivity contribution < 1.29 is 0 Å². The molecule has 0 spiro atoms. The summed E-state index contributed by atoms with van der Waals surface area (Å²) in [6.07, 6.45) is 6.10. The maximum Gasteiger partial charge on any atom is 0.0990 e. The molecule has 1 heterocycles. The van der Waals surface area contributed by atoms with Crippen LogP contribution >= 0.6 is 0 Å². The van der Waals surface area contributed by atoms with Crippen LogP contribution in [0.2, 0.25) is 0 Å². The van der Waals surface area contributed by atoms with E-state index >= 15 is 0 Å². The predicted octanol–water partition coefficient (Wildman–Crippen LogP) is 2.52. The first kappa shape index (κ1) is 6.46. The van der Waals surface area contributed by atoms with Crippen LogP contribution in [0.1, 0.15) is 26.7 Å². The second-order valence-corrected chi connectivity index (χ2v) is 2.64. The van der Waals surface area contributed by atoms with Crippen molar-refractivity contribution >= 4 is 0 Å². The molecule has 1 atom stereocenters. The average Bonchev–Trinajstić information content (AvgIpc) is 2.16. The minimum Gasteiger partial charge on any atom is -0.179 e. The lowest BCUT2D eigenvalue weighted by atomic mass is 9.98. The van der Waals surface area contributed by atoms with Gasteiger partial charge < -0.3 is 0 Å². The maximum atomic E-state index is 4.07. The Bertz CT molecular complexity index is 135. The van der Waals surface area contributed by atoms with Crippen molar-refractivity contribution in [2.24, 2.45) is 10.2 Å². The molecule has 1 aliphatic rings. The normalized spacial score (nSPS) is 31.8. The minimum absolute atomic E-state index is 0.0226. The van der Waals surface area contributed by atoms with Crippen molar-refractivity contribution in [3.8, 4) is 0 Å². The van der Waals surface area contributed by atoms with Crippen LogP contribution in [0.5, 0.6) is 0 Å². The van der Waals surface area contributed by atoms with E-state index in [1.54, 1.807) is 6.20 Å². The Kier molecular flexibility index (Phi) is 1.65. The molecule has 1 unspecified atom stereocenters. The summed E-state index contributed by atoms with van der Waals surface area (Å²) in [5, 5.41) is 7.87. The van der Waals surface area contributed by atoms with Crippen LogP contribution in [0, 0.1) is 0 Å². The molecule has 0 amide bonds. The number of rotatable bonds is 2. The molecule has 9 heavy (non-hydrogen) atoms. The van der Waals surface area contributed by atoms with Gasteiger partial charge in [0.15, 0.2) is 0 Å².